The largest absolute Gasteiger partial charge is 0.481 e. The van der Waals surface area contributed by atoms with E-state index in [9.17, 15) is 19.2 Å². The fraction of sp³-hybridized carbons (Fsp3) is 0.111. The summed E-state index contributed by atoms with van der Waals surface area (Å²) in [5, 5.41) is 11.3. The Labute approximate surface area is 164 Å². The predicted octanol–water partition coefficient (Wildman–Crippen LogP) is 3.79. The van der Waals surface area contributed by atoms with Crippen molar-refractivity contribution in [3.63, 3.8) is 0 Å². The molecule has 1 amide bonds. The number of fused-ring (bicyclic) bond motifs is 2. The molecule has 0 unspecified atom stereocenters. The summed E-state index contributed by atoms with van der Waals surface area (Å²) in [6.07, 6.45) is -0.580. The van der Waals surface area contributed by atoms with Gasteiger partial charge in [-0.15, -0.1) is 0 Å². The maximum atomic E-state index is 13.0. The highest BCUT2D eigenvalue weighted by Gasteiger charge is 2.34. The molecule has 26 heavy (non-hydrogen) atoms. The van der Waals surface area contributed by atoms with Crippen LogP contribution in [0, 0.1) is 0 Å². The Hall–Kier alpha value is -2.32. The molecule has 0 saturated carbocycles. The first-order valence-corrected chi connectivity index (χ1v) is 9.12. The van der Waals surface area contributed by atoms with Gasteiger partial charge in [0.1, 0.15) is 0 Å². The molecule has 2 aromatic carbocycles. The third-order valence-corrected chi connectivity index (χ3v) is 5.18. The number of nitrogens with one attached hydrogen (secondary N) is 1. The minimum Gasteiger partial charge on any atom is -0.481 e. The lowest BCUT2D eigenvalue weighted by molar-refractivity contribution is -0.138. The molecule has 0 heterocycles. The highest BCUT2D eigenvalue weighted by atomic mass is 79.9. The molecule has 0 aromatic heterocycles. The van der Waals surface area contributed by atoms with Crippen LogP contribution in [0.5, 0.6) is 0 Å². The molecule has 8 heteroatoms. The second-order valence-electron chi connectivity index (χ2n) is 5.61. The Bertz CT molecular complexity index is 984. The van der Waals surface area contributed by atoms with Crippen molar-refractivity contribution in [2.75, 3.05) is 5.32 Å². The van der Waals surface area contributed by atoms with E-state index in [-0.39, 0.29) is 46.8 Å². The molecule has 0 aliphatic heterocycles. The van der Waals surface area contributed by atoms with E-state index in [1.807, 2.05) is 0 Å². The minimum atomic E-state index is -1.10. The number of amides is 1. The van der Waals surface area contributed by atoms with Crippen molar-refractivity contribution in [1.82, 2.24) is 0 Å². The van der Waals surface area contributed by atoms with Gasteiger partial charge in [0.15, 0.2) is 11.6 Å². The zero-order valence-electron chi connectivity index (χ0n) is 13.1. The van der Waals surface area contributed by atoms with E-state index in [0.717, 1.165) is 0 Å². The van der Waals surface area contributed by atoms with Crippen molar-refractivity contribution < 1.29 is 24.3 Å². The molecule has 0 bridgehead atoms. The maximum absolute atomic E-state index is 13.0. The smallest absolute Gasteiger partial charge is 0.303 e. The summed E-state index contributed by atoms with van der Waals surface area (Å²) < 4.78 is 0.836. The molecule has 1 aliphatic carbocycles. The van der Waals surface area contributed by atoms with Gasteiger partial charge in [-0.25, -0.2) is 0 Å². The van der Waals surface area contributed by atoms with E-state index in [0.29, 0.717) is 14.5 Å². The van der Waals surface area contributed by atoms with E-state index in [1.165, 1.54) is 0 Å². The van der Waals surface area contributed by atoms with Crippen LogP contribution in [-0.4, -0.2) is 28.5 Å². The van der Waals surface area contributed by atoms with Gasteiger partial charge in [0.2, 0.25) is 5.91 Å². The van der Waals surface area contributed by atoms with Crippen molar-refractivity contribution in [3.05, 3.63) is 61.5 Å². The lowest BCUT2D eigenvalue weighted by Crippen LogP contribution is -2.25. The topological polar surface area (TPSA) is 101 Å². The molecule has 3 rings (SSSR count). The molecule has 132 valence electrons. The molecule has 2 N–H and O–H groups in total. The number of ketones is 2. The van der Waals surface area contributed by atoms with Crippen molar-refractivity contribution in [1.29, 1.82) is 0 Å². The average Bonchev–Trinajstić information content (AvgIpc) is 2.60. The van der Waals surface area contributed by atoms with Gasteiger partial charge in [-0.2, -0.15) is 0 Å². The minimum absolute atomic E-state index is 0.0821. The van der Waals surface area contributed by atoms with Crippen LogP contribution in [-0.2, 0) is 9.59 Å². The summed E-state index contributed by atoms with van der Waals surface area (Å²) in [7, 11) is 0. The van der Waals surface area contributed by atoms with Gasteiger partial charge in [-0.1, -0.05) is 24.3 Å². The van der Waals surface area contributed by atoms with Gasteiger partial charge in [-0.05, 0) is 37.9 Å². The molecular weight excluding hydrogens is 470 g/mol. The quantitative estimate of drug-likeness (QED) is 0.591. The first-order valence-electron chi connectivity index (χ1n) is 7.53. The summed E-state index contributed by atoms with van der Waals surface area (Å²) in [6.45, 7) is 0. The number of halogens is 2. The highest BCUT2D eigenvalue weighted by Crippen LogP contribution is 2.40. The third kappa shape index (κ3) is 3.22. The average molecular weight is 481 g/mol. The monoisotopic (exact) mass is 479 g/mol. The number of carboxylic acids is 1. The lowest BCUT2D eigenvalue weighted by Gasteiger charge is -2.22. The van der Waals surface area contributed by atoms with Gasteiger partial charge >= 0.3 is 5.97 Å². The number of anilines is 1. The Morgan fingerprint density at radius 3 is 2.08 bits per heavy atom. The molecule has 1 aliphatic rings. The van der Waals surface area contributed by atoms with Crippen LogP contribution in [0.15, 0.2) is 39.3 Å². The van der Waals surface area contributed by atoms with Crippen LogP contribution >= 0.6 is 31.9 Å². The zero-order chi connectivity index (χ0) is 19.0. The number of carbonyl (C=O) groups is 4. The summed E-state index contributed by atoms with van der Waals surface area (Å²) in [6, 6.07) is 8.05. The number of hydrogen-bond donors (Lipinski definition) is 2. The number of hydrogen-bond acceptors (Lipinski definition) is 4. The van der Waals surface area contributed by atoms with E-state index >= 15 is 0 Å². The first-order chi connectivity index (χ1) is 12.3. The van der Waals surface area contributed by atoms with Crippen molar-refractivity contribution >= 4 is 61.0 Å². The molecule has 0 radical (unpaired) electrons. The van der Waals surface area contributed by atoms with E-state index in [2.05, 4.69) is 37.2 Å². The van der Waals surface area contributed by atoms with Gasteiger partial charge in [-0.3, -0.25) is 19.2 Å². The summed E-state index contributed by atoms with van der Waals surface area (Å²) in [5.74, 6) is -2.37. The fourth-order valence-corrected chi connectivity index (χ4v) is 4.20. The Kier molecular flexibility index (Phi) is 5.06. The molecule has 0 atom stereocenters. The second-order valence-corrected chi connectivity index (χ2v) is 7.32. The summed E-state index contributed by atoms with van der Waals surface area (Å²) in [5.41, 5.74) is 0.975. The molecule has 0 spiro atoms. The Balaban J connectivity index is 2.11. The second kappa shape index (κ2) is 7.13. The van der Waals surface area contributed by atoms with Gasteiger partial charge in [0, 0.05) is 26.5 Å². The normalized spacial score (nSPS) is 12.4. The van der Waals surface area contributed by atoms with Crippen LogP contribution in [0.4, 0.5) is 5.69 Å². The molecular formula is C18H11Br2NO5. The summed E-state index contributed by atoms with van der Waals surface area (Å²) in [4.78, 5) is 48.5. The number of carbonyl (C=O) groups excluding carboxylic acids is 3. The van der Waals surface area contributed by atoms with Crippen LogP contribution in [0.1, 0.15) is 44.7 Å². The number of carboxylic acid groups (broad SMARTS) is 1. The van der Waals surface area contributed by atoms with Crippen LogP contribution in [0.2, 0.25) is 0 Å². The van der Waals surface area contributed by atoms with Crippen molar-refractivity contribution in [2.24, 2.45) is 0 Å². The third-order valence-electron chi connectivity index (χ3n) is 3.93. The molecule has 2 aromatic rings. The Morgan fingerprint density at radius 2 is 1.50 bits per heavy atom. The maximum Gasteiger partial charge on any atom is 0.303 e. The summed E-state index contributed by atoms with van der Waals surface area (Å²) >= 11 is 6.61. The lowest BCUT2D eigenvalue weighted by atomic mass is 9.83. The van der Waals surface area contributed by atoms with Gasteiger partial charge in [0.05, 0.1) is 23.2 Å². The first kappa shape index (κ1) is 18.5. The molecule has 0 saturated heterocycles. The van der Waals surface area contributed by atoms with Crippen molar-refractivity contribution in [3.8, 4) is 0 Å². The number of rotatable bonds is 4. The van der Waals surface area contributed by atoms with Crippen LogP contribution in [0.25, 0.3) is 0 Å². The highest BCUT2D eigenvalue weighted by molar-refractivity contribution is 9.11. The standard InChI is InChI=1S/C18H11Br2NO5/c19-10-7-11(20)16(21-12(22)5-6-13(23)24)15-14(10)17(25)8-3-1-2-4-9(8)18(15)26/h1-4,7H,5-6H2,(H,21,22)(H,23,24). The van der Waals surface area contributed by atoms with Crippen LogP contribution in [0.3, 0.4) is 0 Å². The molecule has 0 fully saturated rings. The predicted molar refractivity (Wildman–Crippen MR) is 101 cm³/mol. The molecule has 6 nitrogen and oxygen atoms in total. The number of aliphatic carboxylic acids is 1. The van der Waals surface area contributed by atoms with E-state index < -0.39 is 11.9 Å². The Morgan fingerprint density at radius 1 is 0.923 bits per heavy atom. The van der Waals surface area contributed by atoms with Crippen molar-refractivity contribution in [2.45, 2.75) is 12.8 Å². The fourth-order valence-electron chi connectivity index (χ4n) is 2.76. The van der Waals surface area contributed by atoms with Gasteiger partial charge in [0.25, 0.3) is 0 Å². The SMILES string of the molecule is O=C(O)CCC(=O)Nc1c(Br)cc(Br)c2c1C(=O)c1ccccc1C2=O. The number of benzene rings is 2. The van der Waals surface area contributed by atoms with Crippen LogP contribution < -0.4 is 5.32 Å². The zero-order valence-corrected chi connectivity index (χ0v) is 16.3. The van der Waals surface area contributed by atoms with E-state index in [4.69, 9.17) is 5.11 Å². The van der Waals surface area contributed by atoms with Gasteiger partial charge < -0.3 is 10.4 Å². The van der Waals surface area contributed by atoms with E-state index in [1.54, 1.807) is 30.3 Å².